The molecule has 2 rings (SSSR count). The Morgan fingerprint density at radius 1 is 1.29 bits per heavy atom. The second-order valence-corrected chi connectivity index (χ2v) is 4.13. The molecule has 0 fully saturated rings. The maximum Gasteiger partial charge on any atom is 0.0705 e. The molecule has 1 atom stereocenters. The highest BCUT2D eigenvalue weighted by Crippen LogP contribution is 2.11. The molecule has 1 heterocycles. The van der Waals surface area contributed by atoms with E-state index in [2.05, 4.69) is 42.0 Å². The highest BCUT2D eigenvalue weighted by Gasteiger charge is 2.01. The highest BCUT2D eigenvalue weighted by molar-refractivity contribution is 5.78. The molecule has 1 aromatic carbocycles. The third kappa shape index (κ3) is 2.92. The first kappa shape index (κ1) is 11.8. The molecule has 0 aliphatic heterocycles. The van der Waals surface area contributed by atoms with Gasteiger partial charge in [0, 0.05) is 18.0 Å². The number of nitrogens with zero attached hydrogens (tertiary/aromatic N) is 1. The van der Waals surface area contributed by atoms with E-state index in [1.54, 1.807) is 0 Å². The monoisotopic (exact) mass is 226 g/mol. The van der Waals surface area contributed by atoms with E-state index in [0.29, 0.717) is 6.04 Å². The van der Waals surface area contributed by atoms with Crippen LogP contribution >= 0.6 is 0 Å². The van der Waals surface area contributed by atoms with Crippen molar-refractivity contribution in [1.82, 2.24) is 10.3 Å². The lowest BCUT2D eigenvalue weighted by atomic mass is 10.2. The highest BCUT2D eigenvalue weighted by atomic mass is 14.9. The first-order valence-electron chi connectivity index (χ1n) is 6.04. The van der Waals surface area contributed by atoms with Gasteiger partial charge >= 0.3 is 0 Å². The van der Waals surface area contributed by atoms with Gasteiger partial charge in [0.1, 0.15) is 0 Å². The smallest absolute Gasteiger partial charge is 0.0705 e. The van der Waals surface area contributed by atoms with Gasteiger partial charge in [-0.1, -0.05) is 37.3 Å². The van der Waals surface area contributed by atoms with Gasteiger partial charge in [0.05, 0.1) is 11.2 Å². The van der Waals surface area contributed by atoms with Crippen LogP contribution in [-0.2, 0) is 6.54 Å². The van der Waals surface area contributed by atoms with Crippen molar-refractivity contribution in [3.63, 3.8) is 0 Å². The zero-order valence-corrected chi connectivity index (χ0v) is 10.2. The largest absolute Gasteiger partial charge is 0.305 e. The van der Waals surface area contributed by atoms with E-state index < -0.39 is 0 Å². The van der Waals surface area contributed by atoms with Crippen LogP contribution in [0.3, 0.4) is 0 Å². The van der Waals surface area contributed by atoms with Gasteiger partial charge in [0.15, 0.2) is 0 Å². The van der Waals surface area contributed by atoms with Crippen molar-refractivity contribution in [3.8, 4) is 0 Å². The number of hydrogen-bond donors (Lipinski definition) is 1. The van der Waals surface area contributed by atoms with E-state index in [1.165, 1.54) is 5.39 Å². The standard InChI is InChI=1S/C15H18N2/c1-3-13(4-2)16-11-14-10-9-12-7-5-6-8-15(12)17-14/h3,5-10,13,16H,1,4,11H2,2H3. The van der Waals surface area contributed by atoms with Crippen molar-refractivity contribution in [2.45, 2.75) is 25.9 Å². The molecule has 1 unspecified atom stereocenters. The summed E-state index contributed by atoms with van der Waals surface area (Å²) in [5.41, 5.74) is 2.13. The molecule has 0 saturated heterocycles. The number of hydrogen-bond acceptors (Lipinski definition) is 2. The van der Waals surface area contributed by atoms with Crippen molar-refractivity contribution < 1.29 is 0 Å². The number of fused-ring (bicyclic) bond motifs is 1. The molecule has 2 heteroatoms. The number of pyridine rings is 1. The Kier molecular flexibility index (Phi) is 3.89. The maximum absolute atomic E-state index is 4.62. The number of nitrogens with one attached hydrogen (secondary N) is 1. The van der Waals surface area contributed by atoms with Gasteiger partial charge < -0.3 is 5.32 Å². The second-order valence-electron chi connectivity index (χ2n) is 4.13. The Morgan fingerprint density at radius 2 is 2.12 bits per heavy atom. The number of para-hydroxylation sites is 1. The van der Waals surface area contributed by atoms with Crippen molar-refractivity contribution >= 4 is 10.9 Å². The van der Waals surface area contributed by atoms with E-state index in [4.69, 9.17) is 0 Å². The Bertz CT molecular complexity index is 505. The molecule has 0 saturated carbocycles. The third-order valence-electron chi connectivity index (χ3n) is 2.93. The number of rotatable bonds is 5. The van der Waals surface area contributed by atoms with Gasteiger partial charge in [-0.2, -0.15) is 0 Å². The molecule has 2 nitrogen and oxygen atoms in total. The first-order valence-corrected chi connectivity index (χ1v) is 6.04. The molecule has 0 amide bonds. The molecule has 0 aliphatic carbocycles. The zero-order valence-electron chi connectivity index (χ0n) is 10.2. The summed E-state index contributed by atoms with van der Waals surface area (Å²) in [6.45, 7) is 6.74. The summed E-state index contributed by atoms with van der Waals surface area (Å²) < 4.78 is 0. The quantitative estimate of drug-likeness (QED) is 0.791. The van der Waals surface area contributed by atoms with Crippen LogP contribution in [-0.4, -0.2) is 11.0 Å². The maximum atomic E-state index is 4.62. The molecule has 2 aromatic rings. The second kappa shape index (κ2) is 5.60. The van der Waals surface area contributed by atoms with Crippen LogP contribution in [0.5, 0.6) is 0 Å². The Morgan fingerprint density at radius 3 is 2.88 bits per heavy atom. The average molecular weight is 226 g/mol. The van der Waals surface area contributed by atoms with E-state index in [9.17, 15) is 0 Å². The lowest BCUT2D eigenvalue weighted by Gasteiger charge is -2.11. The van der Waals surface area contributed by atoms with E-state index in [-0.39, 0.29) is 0 Å². The molecule has 88 valence electrons. The van der Waals surface area contributed by atoms with Crippen LogP contribution in [0.15, 0.2) is 49.1 Å². The van der Waals surface area contributed by atoms with E-state index in [1.807, 2.05) is 24.3 Å². The van der Waals surface area contributed by atoms with Crippen molar-refractivity contribution in [2.24, 2.45) is 0 Å². The van der Waals surface area contributed by atoms with Gasteiger partial charge in [-0.15, -0.1) is 6.58 Å². The third-order valence-corrected chi connectivity index (χ3v) is 2.93. The molecule has 1 N–H and O–H groups in total. The SMILES string of the molecule is C=CC(CC)NCc1ccc2ccccc2n1. The fourth-order valence-corrected chi connectivity index (χ4v) is 1.84. The van der Waals surface area contributed by atoms with E-state index >= 15 is 0 Å². The van der Waals surface area contributed by atoms with Crippen LogP contribution in [0.2, 0.25) is 0 Å². The lowest BCUT2D eigenvalue weighted by molar-refractivity contribution is 0.573. The summed E-state index contributed by atoms with van der Waals surface area (Å²) >= 11 is 0. The summed E-state index contributed by atoms with van der Waals surface area (Å²) in [4.78, 5) is 4.62. The molecule has 1 aromatic heterocycles. The van der Waals surface area contributed by atoms with Gasteiger partial charge in [0.2, 0.25) is 0 Å². The number of aromatic nitrogens is 1. The topological polar surface area (TPSA) is 24.9 Å². The molecule has 0 spiro atoms. The number of benzene rings is 1. The molecule has 0 aliphatic rings. The first-order chi connectivity index (χ1) is 8.33. The zero-order chi connectivity index (χ0) is 12.1. The molecule has 17 heavy (non-hydrogen) atoms. The van der Waals surface area contributed by atoms with E-state index in [0.717, 1.165) is 24.2 Å². The van der Waals surface area contributed by atoms with Crippen LogP contribution in [0.1, 0.15) is 19.0 Å². The summed E-state index contributed by atoms with van der Waals surface area (Å²) in [6.07, 6.45) is 3.00. The van der Waals surface area contributed by atoms with Gasteiger partial charge in [0.25, 0.3) is 0 Å². The summed E-state index contributed by atoms with van der Waals surface area (Å²) in [5.74, 6) is 0. The average Bonchev–Trinajstić information content (AvgIpc) is 2.40. The fraction of sp³-hybridized carbons (Fsp3) is 0.267. The fourth-order valence-electron chi connectivity index (χ4n) is 1.84. The molecule has 0 bridgehead atoms. The normalized spacial score (nSPS) is 12.5. The molecular formula is C15H18N2. The predicted molar refractivity (Wildman–Crippen MR) is 72.9 cm³/mol. The van der Waals surface area contributed by atoms with Crippen molar-refractivity contribution in [2.75, 3.05) is 0 Å². The van der Waals surface area contributed by atoms with Gasteiger partial charge in [-0.25, -0.2) is 0 Å². The van der Waals surface area contributed by atoms with Crippen LogP contribution in [0.4, 0.5) is 0 Å². The Hall–Kier alpha value is -1.67. The van der Waals surface area contributed by atoms with Crippen molar-refractivity contribution in [1.29, 1.82) is 0 Å². The lowest BCUT2D eigenvalue weighted by Crippen LogP contribution is -2.25. The minimum Gasteiger partial charge on any atom is -0.305 e. The Labute approximate surface area is 102 Å². The van der Waals surface area contributed by atoms with Crippen LogP contribution in [0, 0.1) is 0 Å². The molecule has 0 radical (unpaired) electrons. The van der Waals surface area contributed by atoms with Crippen LogP contribution in [0.25, 0.3) is 10.9 Å². The molecular weight excluding hydrogens is 208 g/mol. The minimum absolute atomic E-state index is 0.364. The summed E-state index contributed by atoms with van der Waals surface area (Å²) in [6, 6.07) is 12.7. The van der Waals surface area contributed by atoms with Gasteiger partial charge in [-0.05, 0) is 18.6 Å². The minimum atomic E-state index is 0.364. The summed E-state index contributed by atoms with van der Waals surface area (Å²) in [7, 11) is 0. The predicted octanol–water partition coefficient (Wildman–Crippen LogP) is 3.29. The van der Waals surface area contributed by atoms with Crippen LogP contribution < -0.4 is 5.32 Å². The van der Waals surface area contributed by atoms with Crippen molar-refractivity contribution in [3.05, 3.63) is 54.7 Å². The Balaban J connectivity index is 2.11. The summed E-state index contributed by atoms with van der Waals surface area (Å²) in [5, 5.41) is 4.61. The van der Waals surface area contributed by atoms with Gasteiger partial charge in [-0.3, -0.25) is 4.98 Å².